The second-order valence-electron chi connectivity index (χ2n) is 13.1. The SMILES string of the molecule is CC(=O)OC1=CC(C)=C2C=CC3=C4C(=CC=C1C24)C(S(=O)(=O)[O-])C=C3C.CC1=CC(S(=O)(=O)[O-])C2=CC=C3C(O)=CC(C)=C4C=CC1=C2C34.[Na+].[Na+]. The number of allylic oxidation sites excluding steroid dienone is 22. The van der Waals surface area contributed by atoms with Gasteiger partial charge in [0.1, 0.15) is 31.8 Å². The normalized spacial score (nSPS) is 26.6. The van der Waals surface area contributed by atoms with Crippen molar-refractivity contribution in [1.29, 1.82) is 0 Å². The molecule has 8 aliphatic rings. The molecule has 0 aromatic carbocycles. The summed E-state index contributed by atoms with van der Waals surface area (Å²) in [7, 11) is -9.01. The Kier molecular flexibility index (Phi) is 10.9. The van der Waals surface area contributed by atoms with Gasteiger partial charge in [0.2, 0.25) is 0 Å². The Hall–Kier alpha value is -2.55. The largest absolute Gasteiger partial charge is 1.00 e. The standard InChI is InChI=1S/C20H18O5S.C18H16O4S.2Na/c1-10-8-17(25-12(3)21)15-6-7-16-18(26(22,23)24)9-11(2)14-5-4-13(10)19(15)20(14)16;1-9-7-15(19)13-5-6-14-16(23(20,21)22)8-10(2)12-4-3-11(9)17(13)18(12)14;;/h4-9,18-19H,1-3H3,(H,22,23,24);3-8,16-17,19H,1-2H3,(H,20,21,22);;/q;;2*+1/p-2. The Morgan fingerprint density at radius 1 is 0.667 bits per heavy atom. The summed E-state index contributed by atoms with van der Waals surface area (Å²) < 4.78 is 76.0. The van der Waals surface area contributed by atoms with Crippen LogP contribution in [0.2, 0.25) is 0 Å². The quantitative estimate of drug-likeness (QED) is 0.238. The molecule has 0 spiro atoms. The molecule has 8 rings (SSSR count). The molecule has 9 nitrogen and oxygen atoms in total. The molecular weight excluding hydrogens is 711 g/mol. The molecular formula is C38H32Na2O9S2. The van der Waals surface area contributed by atoms with Gasteiger partial charge in [-0.1, -0.05) is 60.8 Å². The predicted molar refractivity (Wildman–Crippen MR) is 182 cm³/mol. The Balaban J connectivity index is 0.000000191. The van der Waals surface area contributed by atoms with Crippen molar-refractivity contribution in [2.24, 2.45) is 11.8 Å². The number of rotatable bonds is 3. The van der Waals surface area contributed by atoms with Gasteiger partial charge in [0.05, 0.1) is 10.5 Å². The Morgan fingerprint density at radius 2 is 1.08 bits per heavy atom. The van der Waals surface area contributed by atoms with E-state index in [1.807, 2.05) is 58.1 Å². The smallest absolute Gasteiger partial charge is 0.747 e. The van der Waals surface area contributed by atoms with Gasteiger partial charge in [0.15, 0.2) is 0 Å². The van der Waals surface area contributed by atoms with E-state index in [4.69, 9.17) is 4.74 Å². The number of aliphatic hydroxyl groups is 1. The van der Waals surface area contributed by atoms with Crippen molar-refractivity contribution >= 4 is 26.2 Å². The molecule has 0 aromatic heterocycles. The molecule has 0 aliphatic heterocycles. The van der Waals surface area contributed by atoms with Crippen molar-refractivity contribution in [3.05, 3.63) is 162 Å². The Morgan fingerprint density at radius 3 is 1.53 bits per heavy atom. The van der Waals surface area contributed by atoms with Crippen molar-refractivity contribution in [1.82, 2.24) is 0 Å². The van der Waals surface area contributed by atoms with Crippen LogP contribution in [0.15, 0.2) is 162 Å². The van der Waals surface area contributed by atoms with Crippen molar-refractivity contribution < 1.29 is 99.7 Å². The van der Waals surface area contributed by atoms with E-state index in [0.29, 0.717) is 16.9 Å². The first-order valence-electron chi connectivity index (χ1n) is 15.7. The molecule has 0 amide bonds. The average Bonchev–Trinajstić information content (AvgIpc) is 3.01. The fourth-order valence-corrected chi connectivity index (χ4v) is 9.77. The summed E-state index contributed by atoms with van der Waals surface area (Å²) in [6.07, 6.45) is 21.4. The summed E-state index contributed by atoms with van der Waals surface area (Å²) in [4.78, 5) is 11.5. The molecule has 0 bridgehead atoms. The second-order valence-corrected chi connectivity index (χ2v) is 16.1. The van der Waals surface area contributed by atoms with E-state index in [1.54, 1.807) is 30.4 Å². The van der Waals surface area contributed by atoms with Crippen LogP contribution >= 0.6 is 0 Å². The summed E-state index contributed by atoms with van der Waals surface area (Å²) in [5.41, 5.74) is 11.6. The number of carbonyl (C=O) groups is 1. The van der Waals surface area contributed by atoms with E-state index in [2.05, 4.69) is 0 Å². The van der Waals surface area contributed by atoms with Crippen LogP contribution in [-0.4, -0.2) is 47.5 Å². The number of aliphatic hydroxyl groups excluding tert-OH is 1. The average molecular weight is 743 g/mol. The van der Waals surface area contributed by atoms with Gasteiger partial charge in [-0.3, -0.25) is 4.79 Å². The molecule has 0 saturated carbocycles. The van der Waals surface area contributed by atoms with Crippen molar-refractivity contribution in [2.45, 2.75) is 45.1 Å². The minimum absolute atomic E-state index is 0. The molecule has 1 N–H and O–H groups in total. The number of carbonyl (C=O) groups excluding carboxylic acids is 1. The maximum atomic E-state index is 11.8. The van der Waals surface area contributed by atoms with Crippen LogP contribution in [0.3, 0.4) is 0 Å². The molecule has 0 radical (unpaired) electrons. The van der Waals surface area contributed by atoms with E-state index in [0.717, 1.165) is 66.9 Å². The van der Waals surface area contributed by atoms with E-state index >= 15 is 0 Å². The molecule has 51 heavy (non-hydrogen) atoms. The van der Waals surface area contributed by atoms with Crippen molar-refractivity contribution in [3.63, 3.8) is 0 Å². The molecule has 252 valence electrons. The minimum atomic E-state index is -4.53. The third-order valence-corrected chi connectivity index (χ3v) is 12.1. The third-order valence-electron chi connectivity index (χ3n) is 10.1. The summed E-state index contributed by atoms with van der Waals surface area (Å²) >= 11 is 0. The zero-order valence-electron chi connectivity index (χ0n) is 29.3. The van der Waals surface area contributed by atoms with E-state index in [9.17, 15) is 35.8 Å². The summed E-state index contributed by atoms with van der Waals surface area (Å²) in [6.45, 7) is 8.83. The molecule has 0 aromatic rings. The summed E-state index contributed by atoms with van der Waals surface area (Å²) in [5, 5.41) is 7.91. The van der Waals surface area contributed by atoms with E-state index in [-0.39, 0.29) is 76.7 Å². The molecule has 0 fully saturated rings. The first-order valence-corrected chi connectivity index (χ1v) is 18.6. The van der Waals surface area contributed by atoms with Gasteiger partial charge in [0.25, 0.3) is 0 Å². The van der Waals surface area contributed by atoms with Gasteiger partial charge >= 0.3 is 65.1 Å². The van der Waals surface area contributed by atoms with Gasteiger partial charge < -0.3 is 18.9 Å². The zero-order valence-corrected chi connectivity index (χ0v) is 34.9. The van der Waals surface area contributed by atoms with Gasteiger partial charge in [-0.25, -0.2) is 16.8 Å². The van der Waals surface area contributed by atoms with E-state index < -0.39 is 36.7 Å². The van der Waals surface area contributed by atoms with Crippen LogP contribution in [0.5, 0.6) is 0 Å². The first kappa shape index (κ1) is 39.7. The second kappa shape index (κ2) is 14.0. The third kappa shape index (κ3) is 6.65. The number of ether oxygens (including phenoxy) is 1. The molecule has 4 atom stereocenters. The number of hydrogen-bond acceptors (Lipinski definition) is 9. The molecule has 8 aliphatic carbocycles. The topological polar surface area (TPSA) is 161 Å². The van der Waals surface area contributed by atoms with Crippen LogP contribution < -0.4 is 59.1 Å². The number of hydrogen-bond donors (Lipinski definition) is 1. The molecule has 13 heteroatoms. The van der Waals surface area contributed by atoms with Gasteiger partial charge in [0, 0.05) is 29.9 Å². The van der Waals surface area contributed by atoms with Crippen LogP contribution in [0.4, 0.5) is 0 Å². The Labute approximate surface area is 342 Å². The zero-order chi connectivity index (χ0) is 35.3. The fraction of sp³-hybridized carbons (Fsp3) is 0.237. The van der Waals surface area contributed by atoms with Crippen LogP contribution in [0, 0.1) is 11.8 Å². The van der Waals surface area contributed by atoms with Crippen LogP contribution in [-0.2, 0) is 29.8 Å². The maximum absolute atomic E-state index is 11.8. The summed E-state index contributed by atoms with van der Waals surface area (Å²) in [6, 6.07) is 0. The summed E-state index contributed by atoms with van der Waals surface area (Å²) in [5.74, 6) is -0.184. The first-order chi connectivity index (χ1) is 23.0. The molecule has 4 unspecified atom stereocenters. The van der Waals surface area contributed by atoms with E-state index in [1.165, 1.54) is 19.1 Å². The van der Waals surface area contributed by atoms with Gasteiger partial charge in [-0.2, -0.15) is 0 Å². The van der Waals surface area contributed by atoms with Crippen molar-refractivity contribution in [3.8, 4) is 0 Å². The Bertz CT molecular complexity index is 2380. The predicted octanol–water partition coefficient (Wildman–Crippen LogP) is -0.0247. The fourth-order valence-electron chi connectivity index (χ4n) is 7.99. The van der Waals surface area contributed by atoms with Crippen molar-refractivity contribution in [2.75, 3.05) is 0 Å². The maximum Gasteiger partial charge on any atom is 1.00 e. The van der Waals surface area contributed by atoms with Crippen LogP contribution in [0.25, 0.3) is 0 Å². The number of esters is 1. The van der Waals surface area contributed by atoms with Crippen LogP contribution in [0.1, 0.15) is 34.6 Å². The molecule has 0 saturated heterocycles. The van der Waals surface area contributed by atoms with Gasteiger partial charge in [-0.05, 0) is 107 Å². The molecule has 0 heterocycles. The monoisotopic (exact) mass is 742 g/mol. The van der Waals surface area contributed by atoms with Gasteiger partial charge in [-0.15, -0.1) is 0 Å². The minimum Gasteiger partial charge on any atom is -0.747 e.